The Morgan fingerprint density at radius 1 is 1.29 bits per heavy atom. The van der Waals surface area contributed by atoms with Crippen LogP contribution < -0.4 is 5.32 Å². The second-order valence-electron chi connectivity index (χ2n) is 4.20. The fraction of sp³-hybridized carbons (Fsp3) is 0.462. The molecule has 0 aliphatic heterocycles. The molecule has 0 atom stereocenters. The Morgan fingerprint density at radius 2 is 1.88 bits per heavy atom. The molecule has 0 saturated carbocycles. The van der Waals surface area contributed by atoms with Crippen molar-refractivity contribution in [2.75, 3.05) is 11.9 Å². The van der Waals surface area contributed by atoms with Crippen molar-refractivity contribution in [3.05, 3.63) is 27.7 Å². The van der Waals surface area contributed by atoms with E-state index in [-0.39, 0.29) is 6.42 Å². The molecular weight excluding hydrogens is 282 g/mol. The van der Waals surface area contributed by atoms with Gasteiger partial charge in [-0.05, 0) is 49.9 Å². The van der Waals surface area contributed by atoms with Crippen LogP contribution in [0.5, 0.6) is 0 Å². The van der Waals surface area contributed by atoms with E-state index in [1.165, 1.54) is 11.1 Å². The number of halogens is 1. The molecular formula is C13H18BrNO2. The maximum Gasteiger partial charge on any atom is 0.303 e. The molecule has 2 N–H and O–H groups in total. The number of aliphatic carboxylic acids is 1. The SMILES string of the molecule is Cc1cc(NCCCCC(=O)O)cc(C)c1Br. The summed E-state index contributed by atoms with van der Waals surface area (Å²) in [6, 6.07) is 4.18. The van der Waals surface area contributed by atoms with Gasteiger partial charge in [0.05, 0.1) is 0 Å². The molecule has 1 aromatic rings. The van der Waals surface area contributed by atoms with E-state index >= 15 is 0 Å². The topological polar surface area (TPSA) is 49.3 Å². The average molecular weight is 300 g/mol. The van der Waals surface area contributed by atoms with Gasteiger partial charge in [-0.3, -0.25) is 4.79 Å². The Hall–Kier alpha value is -1.03. The Kier molecular flexibility index (Phi) is 5.48. The Balaban J connectivity index is 2.39. The molecule has 17 heavy (non-hydrogen) atoms. The van der Waals surface area contributed by atoms with Crippen LogP contribution in [-0.4, -0.2) is 17.6 Å². The molecule has 1 rings (SSSR count). The molecule has 0 bridgehead atoms. The summed E-state index contributed by atoms with van der Waals surface area (Å²) >= 11 is 3.53. The van der Waals surface area contributed by atoms with Crippen LogP contribution >= 0.6 is 15.9 Å². The molecule has 0 radical (unpaired) electrons. The van der Waals surface area contributed by atoms with E-state index in [9.17, 15) is 4.79 Å². The number of carboxylic acid groups (broad SMARTS) is 1. The highest BCUT2D eigenvalue weighted by Gasteiger charge is 2.02. The zero-order valence-electron chi connectivity index (χ0n) is 10.2. The summed E-state index contributed by atoms with van der Waals surface area (Å²) in [5.41, 5.74) is 3.51. The highest BCUT2D eigenvalue weighted by molar-refractivity contribution is 9.10. The van der Waals surface area contributed by atoms with E-state index in [4.69, 9.17) is 5.11 Å². The van der Waals surface area contributed by atoms with Crippen molar-refractivity contribution in [1.82, 2.24) is 0 Å². The zero-order chi connectivity index (χ0) is 12.8. The van der Waals surface area contributed by atoms with E-state index in [1.54, 1.807) is 0 Å². The molecule has 3 nitrogen and oxygen atoms in total. The molecule has 94 valence electrons. The third-order valence-electron chi connectivity index (χ3n) is 2.58. The summed E-state index contributed by atoms with van der Waals surface area (Å²) in [6.07, 6.45) is 1.84. The van der Waals surface area contributed by atoms with Gasteiger partial charge in [-0.15, -0.1) is 0 Å². The minimum Gasteiger partial charge on any atom is -0.481 e. The summed E-state index contributed by atoms with van der Waals surface area (Å²) < 4.78 is 1.15. The van der Waals surface area contributed by atoms with Gasteiger partial charge in [0.25, 0.3) is 0 Å². The van der Waals surface area contributed by atoms with Gasteiger partial charge in [0.15, 0.2) is 0 Å². The lowest BCUT2D eigenvalue weighted by molar-refractivity contribution is -0.137. The summed E-state index contributed by atoms with van der Waals surface area (Å²) in [7, 11) is 0. The van der Waals surface area contributed by atoms with Gasteiger partial charge in [-0.25, -0.2) is 0 Å². The van der Waals surface area contributed by atoms with E-state index < -0.39 is 5.97 Å². The summed E-state index contributed by atoms with van der Waals surface area (Å²) in [6.45, 7) is 4.94. The first-order valence-electron chi connectivity index (χ1n) is 5.73. The smallest absolute Gasteiger partial charge is 0.303 e. The van der Waals surface area contributed by atoms with Gasteiger partial charge >= 0.3 is 5.97 Å². The quantitative estimate of drug-likeness (QED) is 0.787. The number of unbranched alkanes of at least 4 members (excludes halogenated alkanes) is 1. The minimum absolute atomic E-state index is 0.250. The second kappa shape index (κ2) is 6.64. The molecule has 0 unspecified atom stereocenters. The van der Waals surface area contributed by atoms with Crippen molar-refractivity contribution >= 4 is 27.6 Å². The molecule has 0 aliphatic rings. The number of aryl methyl sites for hydroxylation is 2. The lowest BCUT2D eigenvalue weighted by Crippen LogP contribution is -2.03. The van der Waals surface area contributed by atoms with E-state index in [1.807, 2.05) is 0 Å². The highest BCUT2D eigenvalue weighted by Crippen LogP contribution is 2.24. The first-order valence-corrected chi connectivity index (χ1v) is 6.52. The number of hydrogen-bond donors (Lipinski definition) is 2. The molecule has 0 saturated heterocycles. The monoisotopic (exact) mass is 299 g/mol. The van der Waals surface area contributed by atoms with Crippen LogP contribution in [0.3, 0.4) is 0 Å². The Labute approximate surface area is 110 Å². The molecule has 0 heterocycles. The standard InChI is InChI=1S/C13H18BrNO2/c1-9-7-11(8-10(2)13(9)14)15-6-4-3-5-12(16)17/h7-8,15H,3-6H2,1-2H3,(H,16,17). The van der Waals surface area contributed by atoms with Gasteiger partial charge in [0.2, 0.25) is 0 Å². The molecule has 0 fully saturated rings. The molecule has 1 aromatic carbocycles. The van der Waals surface area contributed by atoms with Crippen LogP contribution in [0.1, 0.15) is 30.4 Å². The van der Waals surface area contributed by atoms with Crippen molar-refractivity contribution in [2.24, 2.45) is 0 Å². The van der Waals surface area contributed by atoms with Gasteiger partial charge in [-0.1, -0.05) is 15.9 Å². The normalized spacial score (nSPS) is 10.3. The number of carboxylic acids is 1. The van der Waals surface area contributed by atoms with E-state index in [2.05, 4.69) is 47.2 Å². The van der Waals surface area contributed by atoms with Crippen LogP contribution in [0.15, 0.2) is 16.6 Å². The fourth-order valence-corrected chi connectivity index (χ4v) is 1.91. The first-order chi connectivity index (χ1) is 8.00. The predicted molar refractivity (Wildman–Crippen MR) is 73.6 cm³/mol. The van der Waals surface area contributed by atoms with Crippen LogP contribution in [0.4, 0.5) is 5.69 Å². The van der Waals surface area contributed by atoms with Crippen molar-refractivity contribution in [2.45, 2.75) is 33.1 Å². The van der Waals surface area contributed by atoms with Gasteiger partial charge in [0, 0.05) is 23.1 Å². The fourth-order valence-electron chi connectivity index (χ4n) is 1.68. The highest BCUT2D eigenvalue weighted by atomic mass is 79.9. The lowest BCUT2D eigenvalue weighted by Gasteiger charge is -2.10. The van der Waals surface area contributed by atoms with Crippen LogP contribution in [0, 0.1) is 13.8 Å². The van der Waals surface area contributed by atoms with Gasteiger partial charge < -0.3 is 10.4 Å². The maximum atomic E-state index is 10.3. The van der Waals surface area contributed by atoms with Crippen molar-refractivity contribution < 1.29 is 9.90 Å². The minimum atomic E-state index is -0.722. The number of benzene rings is 1. The van der Waals surface area contributed by atoms with Crippen LogP contribution in [0.25, 0.3) is 0 Å². The van der Waals surface area contributed by atoms with Crippen LogP contribution in [0.2, 0.25) is 0 Å². The number of carbonyl (C=O) groups is 1. The zero-order valence-corrected chi connectivity index (χ0v) is 11.8. The Morgan fingerprint density at radius 3 is 2.41 bits per heavy atom. The molecule has 0 spiro atoms. The first kappa shape index (κ1) is 14.0. The van der Waals surface area contributed by atoms with Crippen molar-refractivity contribution in [3.8, 4) is 0 Å². The Bertz CT molecular complexity index is 381. The van der Waals surface area contributed by atoms with Crippen molar-refractivity contribution in [1.29, 1.82) is 0 Å². The summed E-state index contributed by atoms with van der Waals surface area (Å²) in [5, 5.41) is 11.8. The van der Waals surface area contributed by atoms with Gasteiger partial charge in [0.1, 0.15) is 0 Å². The second-order valence-corrected chi connectivity index (χ2v) is 4.99. The van der Waals surface area contributed by atoms with Crippen LogP contribution in [-0.2, 0) is 4.79 Å². The number of rotatable bonds is 6. The molecule has 4 heteroatoms. The largest absolute Gasteiger partial charge is 0.481 e. The summed E-state index contributed by atoms with van der Waals surface area (Å²) in [5.74, 6) is -0.722. The average Bonchev–Trinajstić information content (AvgIpc) is 2.25. The summed E-state index contributed by atoms with van der Waals surface area (Å²) in [4.78, 5) is 10.3. The number of nitrogens with one attached hydrogen (secondary N) is 1. The number of anilines is 1. The molecule has 0 amide bonds. The van der Waals surface area contributed by atoms with Crippen molar-refractivity contribution in [3.63, 3.8) is 0 Å². The molecule has 0 aliphatic carbocycles. The van der Waals surface area contributed by atoms with E-state index in [0.717, 1.165) is 29.5 Å². The maximum absolute atomic E-state index is 10.3. The third kappa shape index (κ3) is 4.77. The lowest BCUT2D eigenvalue weighted by atomic mass is 10.1. The number of hydrogen-bond acceptors (Lipinski definition) is 2. The van der Waals surface area contributed by atoms with Gasteiger partial charge in [-0.2, -0.15) is 0 Å². The predicted octanol–water partition coefficient (Wildman–Crippen LogP) is 3.73. The molecule has 0 aromatic heterocycles. The van der Waals surface area contributed by atoms with E-state index in [0.29, 0.717) is 0 Å². The third-order valence-corrected chi connectivity index (χ3v) is 3.83.